The van der Waals surface area contributed by atoms with Crippen molar-refractivity contribution < 1.29 is 17.2 Å². The second-order valence-corrected chi connectivity index (χ2v) is 4.18. The van der Waals surface area contributed by atoms with Crippen LogP contribution in [0.5, 0.6) is 0 Å². The van der Waals surface area contributed by atoms with Crippen molar-refractivity contribution >= 4 is 10.0 Å². The van der Waals surface area contributed by atoms with Crippen molar-refractivity contribution in [1.82, 2.24) is 0 Å². The van der Waals surface area contributed by atoms with Crippen molar-refractivity contribution in [2.24, 2.45) is 10.9 Å². The number of halogens is 2. The largest absolute Gasteiger partial charge is 0.326 e. The lowest BCUT2D eigenvalue weighted by Gasteiger charge is -2.04. The predicted octanol–water partition coefficient (Wildman–Crippen LogP) is 0.0709. The lowest BCUT2D eigenvalue weighted by Crippen LogP contribution is -2.14. The van der Waals surface area contributed by atoms with E-state index < -0.39 is 26.6 Å². The van der Waals surface area contributed by atoms with Crippen molar-refractivity contribution in [3.63, 3.8) is 0 Å². The van der Waals surface area contributed by atoms with Crippen LogP contribution in [-0.4, -0.2) is 8.42 Å². The van der Waals surface area contributed by atoms with E-state index in [9.17, 15) is 17.2 Å². The quantitative estimate of drug-likeness (QED) is 0.742. The van der Waals surface area contributed by atoms with Crippen LogP contribution in [0.1, 0.15) is 5.56 Å². The minimum absolute atomic E-state index is 0.345. The standard InChI is InChI=1S/C7H8F2N2O2S/c8-6-1-4(14(11,12)13)2-7(9)5(6)3-10/h1-2H,3,10H2,(H2,11,12,13). The van der Waals surface area contributed by atoms with Gasteiger partial charge < -0.3 is 5.73 Å². The molecule has 0 radical (unpaired) electrons. The SMILES string of the molecule is NCc1c(F)cc(S(N)(=O)=O)cc1F. The maximum absolute atomic E-state index is 13.0. The van der Waals surface area contributed by atoms with Crippen molar-refractivity contribution in [3.8, 4) is 0 Å². The first-order valence-electron chi connectivity index (χ1n) is 3.57. The Morgan fingerprint density at radius 3 is 1.93 bits per heavy atom. The van der Waals surface area contributed by atoms with Crippen molar-refractivity contribution in [1.29, 1.82) is 0 Å². The molecule has 4 nitrogen and oxygen atoms in total. The highest BCUT2D eigenvalue weighted by molar-refractivity contribution is 7.89. The third kappa shape index (κ3) is 2.06. The number of rotatable bonds is 2. The predicted molar refractivity (Wildman–Crippen MR) is 45.6 cm³/mol. The highest BCUT2D eigenvalue weighted by atomic mass is 32.2. The lowest BCUT2D eigenvalue weighted by atomic mass is 10.2. The fourth-order valence-electron chi connectivity index (χ4n) is 0.939. The molecule has 0 aliphatic rings. The Bertz CT molecular complexity index is 436. The van der Waals surface area contributed by atoms with Gasteiger partial charge in [0.1, 0.15) is 11.6 Å². The first kappa shape index (κ1) is 11.0. The average Bonchev–Trinajstić information content (AvgIpc) is 2.01. The van der Waals surface area contributed by atoms with E-state index in [1.54, 1.807) is 0 Å². The van der Waals surface area contributed by atoms with Gasteiger partial charge in [-0.3, -0.25) is 0 Å². The summed E-state index contributed by atoms with van der Waals surface area (Å²) in [7, 11) is -4.09. The Balaban J connectivity index is 3.43. The third-order valence-electron chi connectivity index (χ3n) is 1.65. The molecule has 78 valence electrons. The maximum atomic E-state index is 13.0. The number of benzene rings is 1. The monoisotopic (exact) mass is 222 g/mol. The lowest BCUT2D eigenvalue weighted by molar-refractivity contribution is 0.546. The number of primary sulfonamides is 1. The van der Waals surface area contributed by atoms with Crippen LogP contribution in [0.2, 0.25) is 0 Å². The molecule has 0 saturated heterocycles. The zero-order valence-corrected chi connectivity index (χ0v) is 7.81. The number of hydrogen-bond donors (Lipinski definition) is 2. The van der Waals surface area contributed by atoms with Gasteiger partial charge in [0.15, 0.2) is 0 Å². The highest BCUT2D eigenvalue weighted by Gasteiger charge is 2.15. The van der Waals surface area contributed by atoms with Crippen LogP contribution in [0.25, 0.3) is 0 Å². The first-order chi connectivity index (χ1) is 6.36. The molecule has 0 aromatic heterocycles. The molecule has 0 spiro atoms. The van der Waals surface area contributed by atoms with E-state index in [1.165, 1.54) is 0 Å². The molecule has 1 rings (SSSR count). The topological polar surface area (TPSA) is 86.2 Å². The van der Waals surface area contributed by atoms with Crippen LogP contribution in [0.4, 0.5) is 8.78 Å². The van der Waals surface area contributed by atoms with E-state index >= 15 is 0 Å². The van der Waals surface area contributed by atoms with Gasteiger partial charge in [0.25, 0.3) is 0 Å². The van der Waals surface area contributed by atoms with E-state index in [1.807, 2.05) is 0 Å². The molecule has 0 aliphatic heterocycles. The van der Waals surface area contributed by atoms with E-state index in [-0.39, 0.29) is 12.1 Å². The van der Waals surface area contributed by atoms with Crippen molar-refractivity contribution in [2.45, 2.75) is 11.4 Å². The van der Waals surface area contributed by atoms with Crippen LogP contribution in [0, 0.1) is 11.6 Å². The molecule has 1 aromatic rings. The summed E-state index contributed by atoms with van der Waals surface area (Å²) in [5.74, 6) is -2.03. The fraction of sp³-hybridized carbons (Fsp3) is 0.143. The minimum Gasteiger partial charge on any atom is -0.326 e. The van der Waals surface area contributed by atoms with E-state index in [2.05, 4.69) is 0 Å². The number of hydrogen-bond acceptors (Lipinski definition) is 3. The Kier molecular flexibility index (Phi) is 2.84. The summed E-state index contributed by atoms with van der Waals surface area (Å²) in [6.45, 7) is -0.345. The smallest absolute Gasteiger partial charge is 0.238 e. The zero-order chi connectivity index (χ0) is 10.9. The van der Waals surface area contributed by atoms with Gasteiger partial charge in [-0.2, -0.15) is 0 Å². The third-order valence-corrected chi connectivity index (χ3v) is 2.54. The number of sulfonamides is 1. The zero-order valence-electron chi connectivity index (χ0n) is 7.00. The molecule has 0 atom stereocenters. The molecule has 14 heavy (non-hydrogen) atoms. The van der Waals surface area contributed by atoms with Gasteiger partial charge >= 0.3 is 0 Å². The Hall–Kier alpha value is -1.05. The van der Waals surface area contributed by atoms with Gasteiger partial charge in [0, 0.05) is 12.1 Å². The maximum Gasteiger partial charge on any atom is 0.238 e. The molecule has 0 unspecified atom stereocenters. The van der Waals surface area contributed by atoms with Gasteiger partial charge in [-0.25, -0.2) is 22.3 Å². The summed E-state index contributed by atoms with van der Waals surface area (Å²) >= 11 is 0. The fourth-order valence-corrected chi connectivity index (χ4v) is 1.47. The summed E-state index contributed by atoms with van der Waals surface area (Å²) in [6.07, 6.45) is 0. The summed E-state index contributed by atoms with van der Waals surface area (Å²) in [5, 5.41) is 4.69. The molecule has 4 N–H and O–H groups in total. The average molecular weight is 222 g/mol. The molecule has 0 bridgehead atoms. The van der Waals surface area contributed by atoms with Crippen molar-refractivity contribution in [2.75, 3.05) is 0 Å². The van der Waals surface area contributed by atoms with E-state index in [4.69, 9.17) is 10.9 Å². The molecular weight excluding hydrogens is 214 g/mol. The molecule has 1 aromatic carbocycles. The summed E-state index contributed by atoms with van der Waals surface area (Å²) in [6, 6.07) is 1.28. The summed E-state index contributed by atoms with van der Waals surface area (Å²) in [4.78, 5) is -0.607. The van der Waals surface area contributed by atoms with Gasteiger partial charge in [-0.05, 0) is 12.1 Å². The molecule has 0 saturated carbocycles. The minimum atomic E-state index is -4.09. The van der Waals surface area contributed by atoms with Crippen LogP contribution in [-0.2, 0) is 16.6 Å². The normalized spacial score (nSPS) is 11.7. The Morgan fingerprint density at radius 1 is 1.21 bits per heavy atom. The molecule has 0 fully saturated rings. The molecule has 7 heteroatoms. The highest BCUT2D eigenvalue weighted by Crippen LogP contribution is 2.17. The van der Waals surface area contributed by atoms with Gasteiger partial charge in [-0.15, -0.1) is 0 Å². The van der Waals surface area contributed by atoms with Crippen LogP contribution < -0.4 is 10.9 Å². The molecule has 0 aliphatic carbocycles. The molecular formula is C7H8F2N2O2S. The molecule has 0 heterocycles. The summed E-state index contributed by atoms with van der Waals surface area (Å²) < 4.78 is 47.5. The van der Waals surface area contributed by atoms with Gasteiger partial charge in [0.2, 0.25) is 10.0 Å². The van der Waals surface area contributed by atoms with E-state index in [0.717, 1.165) is 0 Å². The second kappa shape index (κ2) is 3.60. The Labute approximate surface area is 79.6 Å². The van der Waals surface area contributed by atoms with Crippen molar-refractivity contribution in [3.05, 3.63) is 29.3 Å². The van der Waals surface area contributed by atoms with Gasteiger partial charge in [0.05, 0.1) is 4.90 Å². The summed E-state index contributed by atoms with van der Waals surface area (Å²) in [5.41, 5.74) is 4.69. The first-order valence-corrected chi connectivity index (χ1v) is 5.11. The van der Waals surface area contributed by atoms with Crippen LogP contribution >= 0.6 is 0 Å². The number of nitrogens with two attached hydrogens (primary N) is 2. The molecule has 0 amide bonds. The second-order valence-electron chi connectivity index (χ2n) is 2.61. The van der Waals surface area contributed by atoms with Crippen LogP contribution in [0.15, 0.2) is 17.0 Å². The van der Waals surface area contributed by atoms with E-state index in [0.29, 0.717) is 12.1 Å². The van der Waals surface area contributed by atoms with Crippen LogP contribution in [0.3, 0.4) is 0 Å². The Morgan fingerprint density at radius 2 is 1.64 bits per heavy atom. The van der Waals surface area contributed by atoms with Gasteiger partial charge in [-0.1, -0.05) is 0 Å².